The van der Waals surface area contributed by atoms with Gasteiger partial charge in [0, 0.05) is 18.8 Å². The molecule has 0 aromatic heterocycles. The molecule has 3 aromatic carbocycles. The van der Waals surface area contributed by atoms with Crippen LogP contribution in [-0.4, -0.2) is 31.7 Å². The van der Waals surface area contributed by atoms with Gasteiger partial charge < -0.3 is 5.32 Å². The fourth-order valence-electron chi connectivity index (χ4n) is 3.26. The van der Waals surface area contributed by atoms with Crippen molar-refractivity contribution in [2.75, 3.05) is 18.4 Å². The van der Waals surface area contributed by atoms with Crippen molar-refractivity contribution in [2.45, 2.75) is 25.2 Å². The topological polar surface area (TPSA) is 66.5 Å². The SMILES string of the molecule is CCN(CC)S(=O)(=O)c1ccc(NC(=O)Cc2ccc(-c3ccccc3)cc2)cc1. The van der Waals surface area contributed by atoms with E-state index in [0.717, 1.165) is 16.7 Å². The zero-order valence-corrected chi connectivity index (χ0v) is 18.0. The van der Waals surface area contributed by atoms with Gasteiger partial charge in [0.2, 0.25) is 15.9 Å². The van der Waals surface area contributed by atoms with E-state index < -0.39 is 10.0 Å². The van der Waals surface area contributed by atoms with Crippen molar-refractivity contribution in [3.05, 3.63) is 84.4 Å². The Bertz CT molecular complexity index is 1070. The van der Waals surface area contributed by atoms with E-state index in [-0.39, 0.29) is 17.2 Å². The highest BCUT2D eigenvalue weighted by atomic mass is 32.2. The van der Waals surface area contributed by atoms with Crippen molar-refractivity contribution in [2.24, 2.45) is 0 Å². The number of hydrogen-bond donors (Lipinski definition) is 1. The standard InChI is InChI=1S/C24H26N2O3S/c1-3-26(4-2)30(28,29)23-16-14-22(15-17-23)25-24(27)18-19-10-12-21(13-11-19)20-8-6-5-7-9-20/h5-17H,3-4,18H2,1-2H3,(H,25,27). The molecule has 1 amide bonds. The second-order valence-electron chi connectivity index (χ2n) is 6.90. The second kappa shape index (κ2) is 9.69. The molecule has 0 aliphatic carbocycles. The van der Waals surface area contributed by atoms with Crippen LogP contribution >= 0.6 is 0 Å². The summed E-state index contributed by atoms with van der Waals surface area (Å²) in [6.45, 7) is 4.45. The van der Waals surface area contributed by atoms with Gasteiger partial charge in [0.15, 0.2) is 0 Å². The van der Waals surface area contributed by atoms with Crippen molar-refractivity contribution in [3.63, 3.8) is 0 Å². The lowest BCUT2D eigenvalue weighted by molar-refractivity contribution is -0.115. The van der Waals surface area contributed by atoms with E-state index in [1.165, 1.54) is 16.4 Å². The first-order valence-electron chi connectivity index (χ1n) is 9.98. The third kappa shape index (κ3) is 5.14. The van der Waals surface area contributed by atoms with E-state index in [1.807, 2.05) is 68.4 Å². The number of benzene rings is 3. The highest BCUT2D eigenvalue weighted by Crippen LogP contribution is 2.20. The Hall–Kier alpha value is -2.96. The Morgan fingerprint density at radius 2 is 1.37 bits per heavy atom. The molecule has 0 heterocycles. The van der Waals surface area contributed by atoms with E-state index in [9.17, 15) is 13.2 Å². The van der Waals surface area contributed by atoms with Crippen molar-refractivity contribution in [3.8, 4) is 11.1 Å². The third-order valence-electron chi connectivity index (χ3n) is 4.91. The van der Waals surface area contributed by atoms with Crippen LogP contribution in [0.4, 0.5) is 5.69 Å². The lowest BCUT2D eigenvalue weighted by Crippen LogP contribution is -2.30. The number of anilines is 1. The maximum atomic E-state index is 12.5. The fourth-order valence-corrected chi connectivity index (χ4v) is 4.72. The number of sulfonamides is 1. The van der Waals surface area contributed by atoms with Crippen LogP contribution in [0.25, 0.3) is 11.1 Å². The van der Waals surface area contributed by atoms with Gasteiger partial charge in [-0.2, -0.15) is 4.31 Å². The Morgan fingerprint density at radius 1 is 0.800 bits per heavy atom. The minimum atomic E-state index is -3.50. The van der Waals surface area contributed by atoms with Gasteiger partial charge >= 0.3 is 0 Å². The molecule has 30 heavy (non-hydrogen) atoms. The second-order valence-corrected chi connectivity index (χ2v) is 8.84. The van der Waals surface area contributed by atoms with Crippen LogP contribution in [0, 0.1) is 0 Å². The number of carbonyl (C=O) groups is 1. The molecule has 0 saturated carbocycles. The zero-order valence-electron chi connectivity index (χ0n) is 17.2. The van der Waals surface area contributed by atoms with Crippen molar-refractivity contribution < 1.29 is 13.2 Å². The molecular formula is C24H26N2O3S. The molecule has 0 atom stereocenters. The zero-order chi connectivity index (χ0) is 21.6. The van der Waals surface area contributed by atoms with Gasteiger partial charge in [0.25, 0.3) is 0 Å². The van der Waals surface area contributed by atoms with Gasteiger partial charge in [-0.15, -0.1) is 0 Å². The minimum absolute atomic E-state index is 0.151. The first-order chi connectivity index (χ1) is 14.4. The van der Waals surface area contributed by atoms with Gasteiger partial charge in [-0.05, 0) is 41.0 Å². The summed E-state index contributed by atoms with van der Waals surface area (Å²) < 4.78 is 26.5. The molecule has 5 nitrogen and oxygen atoms in total. The van der Waals surface area contributed by atoms with E-state index in [2.05, 4.69) is 5.32 Å². The summed E-state index contributed by atoms with van der Waals surface area (Å²) in [6, 6.07) is 24.3. The highest BCUT2D eigenvalue weighted by Gasteiger charge is 2.21. The summed E-state index contributed by atoms with van der Waals surface area (Å²) >= 11 is 0. The molecule has 0 aliphatic rings. The van der Waals surface area contributed by atoms with Crippen LogP contribution in [-0.2, 0) is 21.2 Å². The smallest absolute Gasteiger partial charge is 0.243 e. The number of amides is 1. The van der Waals surface area contributed by atoms with Crippen LogP contribution in [0.2, 0.25) is 0 Å². The van der Waals surface area contributed by atoms with Crippen molar-refractivity contribution >= 4 is 21.6 Å². The fraction of sp³-hybridized carbons (Fsp3) is 0.208. The molecule has 156 valence electrons. The van der Waals surface area contributed by atoms with Gasteiger partial charge in [0.05, 0.1) is 11.3 Å². The molecule has 6 heteroatoms. The lowest BCUT2D eigenvalue weighted by Gasteiger charge is -2.18. The predicted octanol–water partition coefficient (Wildman–Crippen LogP) is 4.57. The van der Waals surface area contributed by atoms with Crippen LogP contribution in [0.1, 0.15) is 19.4 Å². The third-order valence-corrected chi connectivity index (χ3v) is 6.97. The normalized spacial score (nSPS) is 11.4. The van der Waals surface area contributed by atoms with E-state index in [0.29, 0.717) is 18.8 Å². The van der Waals surface area contributed by atoms with Crippen molar-refractivity contribution in [1.82, 2.24) is 4.31 Å². The van der Waals surface area contributed by atoms with Crippen LogP contribution in [0.3, 0.4) is 0 Å². The molecule has 3 rings (SSSR count). The summed E-state index contributed by atoms with van der Waals surface area (Å²) in [6.07, 6.45) is 0.245. The Balaban J connectivity index is 1.62. The molecule has 0 aliphatic heterocycles. The first kappa shape index (κ1) is 21.7. The van der Waals surface area contributed by atoms with E-state index in [4.69, 9.17) is 0 Å². The lowest BCUT2D eigenvalue weighted by atomic mass is 10.0. The molecule has 0 fully saturated rings. The minimum Gasteiger partial charge on any atom is -0.326 e. The van der Waals surface area contributed by atoms with Crippen LogP contribution in [0.15, 0.2) is 83.8 Å². The maximum Gasteiger partial charge on any atom is 0.243 e. The van der Waals surface area contributed by atoms with Gasteiger partial charge in [-0.25, -0.2) is 8.42 Å². The molecule has 0 radical (unpaired) electrons. The van der Waals surface area contributed by atoms with Crippen molar-refractivity contribution in [1.29, 1.82) is 0 Å². The first-order valence-corrected chi connectivity index (χ1v) is 11.4. The van der Waals surface area contributed by atoms with E-state index >= 15 is 0 Å². The summed E-state index contributed by atoms with van der Waals surface area (Å²) in [5.41, 5.74) is 3.71. The highest BCUT2D eigenvalue weighted by molar-refractivity contribution is 7.89. The average molecular weight is 423 g/mol. The number of carbonyl (C=O) groups excluding carboxylic acids is 1. The number of hydrogen-bond acceptors (Lipinski definition) is 3. The number of nitrogens with zero attached hydrogens (tertiary/aromatic N) is 1. The monoisotopic (exact) mass is 422 g/mol. The van der Waals surface area contributed by atoms with E-state index in [1.54, 1.807) is 12.1 Å². The molecule has 0 bridgehead atoms. The summed E-state index contributed by atoms with van der Waals surface area (Å²) in [5, 5.41) is 2.83. The molecule has 3 aromatic rings. The summed E-state index contributed by atoms with van der Waals surface area (Å²) in [4.78, 5) is 12.6. The quantitative estimate of drug-likeness (QED) is 0.578. The summed E-state index contributed by atoms with van der Waals surface area (Å²) in [7, 11) is -3.50. The molecule has 0 spiro atoms. The predicted molar refractivity (Wildman–Crippen MR) is 121 cm³/mol. The van der Waals surface area contributed by atoms with Crippen LogP contribution in [0.5, 0.6) is 0 Å². The largest absolute Gasteiger partial charge is 0.326 e. The maximum absolute atomic E-state index is 12.5. The van der Waals surface area contributed by atoms with Crippen LogP contribution < -0.4 is 5.32 Å². The molecule has 0 saturated heterocycles. The molecule has 0 unspecified atom stereocenters. The van der Waals surface area contributed by atoms with Gasteiger partial charge in [0.1, 0.15) is 0 Å². The molecule has 1 N–H and O–H groups in total. The Morgan fingerprint density at radius 3 is 1.93 bits per heavy atom. The average Bonchev–Trinajstić information content (AvgIpc) is 2.76. The number of nitrogens with one attached hydrogen (secondary N) is 1. The van der Waals surface area contributed by atoms with Gasteiger partial charge in [-0.1, -0.05) is 68.4 Å². The molecular weight excluding hydrogens is 396 g/mol. The number of rotatable bonds is 8. The Labute approximate surface area is 178 Å². The Kier molecular flexibility index (Phi) is 7.03. The summed E-state index contributed by atoms with van der Waals surface area (Å²) in [5.74, 6) is -0.151. The van der Waals surface area contributed by atoms with Gasteiger partial charge in [-0.3, -0.25) is 4.79 Å².